The molecule has 0 spiro atoms. The molecular weight excluding hydrogens is 388 g/mol. The molecule has 4 aromatic rings. The number of hydrogen-bond acceptors (Lipinski definition) is 4. The number of aromatic amines is 1. The van der Waals surface area contributed by atoms with Crippen LogP contribution in [0.1, 0.15) is 44.7 Å². The summed E-state index contributed by atoms with van der Waals surface area (Å²) in [7, 11) is 0. The Morgan fingerprint density at radius 1 is 1.19 bits per heavy atom. The molecule has 2 aromatic carbocycles. The van der Waals surface area contributed by atoms with Crippen molar-refractivity contribution in [3.63, 3.8) is 0 Å². The molecule has 2 aromatic heterocycles. The van der Waals surface area contributed by atoms with Crippen LogP contribution in [0.25, 0.3) is 33.5 Å². The van der Waals surface area contributed by atoms with Crippen LogP contribution in [0.5, 0.6) is 0 Å². The average molecular weight is 415 g/mol. The molecule has 5 rings (SSSR count). The fraction of sp³-hybridized carbons (Fsp3) is 0.333. The molecule has 1 aliphatic carbocycles. The quantitative estimate of drug-likeness (QED) is 0.458. The molecule has 1 amide bonds. The predicted molar refractivity (Wildman–Crippen MR) is 122 cm³/mol. The summed E-state index contributed by atoms with van der Waals surface area (Å²) in [6, 6.07) is 12.5. The highest BCUT2D eigenvalue weighted by molar-refractivity contribution is 5.97. The van der Waals surface area contributed by atoms with Gasteiger partial charge in [0.2, 0.25) is 5.91 Å². The Morgan fingerprint density at radius 2 is 2.00 bits per heavy atom. The SMILES string of the molecule is Cc1ccc(-c2n[nH]c3ccc(-c4nncn4C(C)C)cc23)cc1NC(=O)CC1CC1. The van der Waals surface area contributed by atoms with Crippen LogP contribution in [0.4, 0.5) is 5.69 Å². The van der Waals surface area contributed by atoms with E-state index in [0.29, 0.717) is 12.3 Å². The molecule has 2 N–H and O–H groups in total. The Kier molecular flexibility index (Phi) is 4.81. The van der Waals surface area contributed by atoms with Gasteiger partial charge in [0.25, 0.3) is 0 Å². The molecule has 0 aliphatic heterocycles. The van der Waals surface area contributed by atoms with Gasteiger partial charge >= 0.3 is 0 Å². The van der Waals surface area contributed by atoms with Crippen molar-refractivity contribution in [3.8, 4) is 22.6 Å². The van der Waals surface area contributed by atoms with Crippen molar-refractivity contribution >= 4 is 22.5 Å². The molecule has 7 nitrogen and oxygen atoms in total. The van der Waals surface area contributed by atoms with E-state index in [-0.39, 0.29) is 11.9 Å². The van der Waals surface area contributed by atoms with Crippen molar-refractivity contribution < 1.29 is 4.79 Å². The van der Waals surface area contributed by atoms with Crippen molar-refractivity contribution in [2.75, 3.05) is 5.32 Å². The number of carbonyl (C=O) groups excluding carboxylic acids is 1. The number of rotatable bonds is 6. The summed E-state index contributed by atoms with van der Waals surface area (Å²) in [5.74, 6) is 1.48. The second kappa shape index (κ2) is 7.65. The number of aromatic nitrogens is 5. The summed E-state index contributed by atoms with van der Waals surface area (Å²) in [6.07, 6.45) is 4.70. The number of anilines is 1. The van der Waals surface area contributed by atoms with E-state index in [9.17, 15) is 4.79 Å². The maximum absolute atomic E-state index is 12.3. The van der Waals surface area contributed by atoms with Crippen LogP contribution in [0.15, 0.2) is 42.7 Å². The van der Waals surface area contributed by atoms with E-state index in [1.807, 2.05) is 37.3 Å². The van der Waals surface area contributed by atoms with Gasteiger partial charge in [-0.3, -0.25) is 9.89 Å². The van der Waals surface area contributed by atoms with E-state index in [1.54, 1.807) is 6.33 Å². The fourth-order valence-corrected chi connectivity index (χ4v) is 3.89. The molecule has 2 heterocycles. The fourth-order valence-electron chi connectivity index (χ4n) is 3.89. The number of fused-ring (bicyclic) bond motifs is 1. The lowest BCUT2D eigenvalue weighted by molar-refractivity contribution is -0.116. The molecule has 1 aliphatic rings. The monoisotopic (exact) mass is 414 g/mol. The first-order chi connectivity index (χ1) is 15.0. The number of benzene rings is 2. The van der Waals surface area contributed by atoms with Gasteiger partial charge in [0, 0.05) is 34.7 Å². The number of amides is 1. The first-order valence-corrected chi connectivity index (χ1v) is 10.8. The van der Waals surface area contributed by atoms with Gasteiger partial charge in [-0.05, 0) is 69.4 Å². The van der Waals surface area contributed by atoms with Crippen LogP contribution in [-0.4, -0.2) is 30.9 Å². The van der Waals surface area contributed by atoms with Crippen molar-refractivity contribution in [1.82, 2.24) is 25.0 Å². The molecular formula is C24H26N6O. The van der Waals surface area contributed by atoms with Crippen LogP contribution in [0.3, 0.4) is 0 Å². The first-order valence-electron chi connectivity index (χ1n) is 10.8. The van der Waals surface area contributed by atoms with Gasteiger partial charge in [-0.1, -0.05) is 12.1 Å². The van der Waals surface area contributed by atoms with Crippen molar-refractivity contribution in [2.45, 2.75) is 46.1 Å². The summed E-state index contributed by atoms with van der Waals surface area (Å²) in [5, 5.41) is 20.2. The van der Waals surface area contributed by atoms with Crippen LogP contribution in [0, 0.1) is 12.8 Å². The maximum Gasteiger partial charge on any atom is 0.224 e. The summed E-state index contributed by atoms with van der Waals surface area (Å²) < 4.78 is 2.06. The molecule has 7 heteroatoms. The number of H-pyrrole nitrogens is 1. The number of nitrogens with zero attached hydrogens (tertiary/aromatic N) is 4. The van der Waals surface area contributed by atoms with Crippen LogP contribution < -0.4 is 5.32 Å². The summed E-state index contributed by atoms with van der Waals surface area (Å²) >= 11 is 0. The van der Waals surface area contributed by atoms with Gasteiger partial charge in [-0.2, -0.15) is 5.10 Å². The summed E-state index contributed by atoms with van der Waals surface area (Å²) in [6.45, 7) is 6.23. The number of hydrogen-bond donors (Lipinski definition) is 2. The highest BCUT2D eigenvalue weighted by Gasteiger charge is 2.24. The van der Waals surface area contributed by atoms with E-state index in [1.165, 1.54) is 12.8 Å². The Hall–Kier alpha value is -3.48. The number of nitrogens with one attached hydrogen (secondary N) is 2. The minimum Gasteiger partial charge on any atom is -0.326 e. The van der Waals surface area contributed by atoms with E-state index >= 15 is 0 Å². The molecule has 1 fully saturated rings. The van der Waals surface area contributed by atoms with Crippen LogP contribution in [0.2, 0.25) is 0 Å². The minimum absolute atomic E-state index is 0.0879. The first kappa shape index (κ1) is 19.5. The van der Waals surface area contributed by atoms with E-state index in [2.05, 4.69) is 50.2 Å². The summed E-state index contributed by atoms with van der Waals surface area (Å²) in [4.78, 5) is 12.3. The highest BCUT2D eigenvalue weighted by Crippen LogP contribution is 2.34. The van der Waals surface area contributed by atoms with Gasteiger partial charge in [-0.25, -0.2) is 0 Å². The van der Waals surface area contributed by atoms with Gasteiger partial charge in [0.15, 0.2) is 5.82 Å². The second-order valence-electron chi connectivity index (χ2n) is 8.71. The Morgan fingerprint density at radius 3 is 2.77 bits per heavy atom. The normalized spacial score (nSPS) is 13.8. The smallest absolute Gasteiger partial charge is 0.224 e. The minimum atomic E-state index is 0.0879. The standard InChI is InChI=1S/C24H26N6O/c1-14(2)30-13-25-29-24(30)18-8-9-20-19(11-18)23(28-27-20)17-7-4-15(3)21(12-17)26-22(31)10-16-5-6-16/h4,7-9,11-14,16H,5-6,10H2,1-3H3,(H,26,31)(H,27,28). The Labute approximate surface area is 180 Å². The third-order valence-corrected chi connectivity index (χ3v) is 5.91. The van der Waals surface area contributed by atoms with Gasteiger partial charge in [0.05, 0.1) is 11.2 Å². The zero-order valence-corrected chi connectivity index (χ0v) is 18.0. The predicted octanol–water partition coefficient (Wildman–Crippen LogP) is 5.12. The summed E-state index contributed by atoms with van der Waals surface area (Å²) in [5.41, 5.74) is 5.64. The average Bonchev–Trinajstić information content (AvgIpc) is 3.26. The topological polar surface area (TPSA) is 88.5 Å². The second-order valence-corrected chi connectivity index (χ2v) is 8.71. The van der Waals surface area contributed by atoms with E-state index < -0.39 is 0 Å². The van der Waals surface area contributed by atoms with E-state index in [4.69, 9.17) is 0 Å². The zero-order valence-electron chi connectivity index (χ0n) is 18.0. The number of aryl methyl sites for hydroxylation is 1. The molecule has 0 atom stereocenters. The van der Waals surface area contributed by atoms with Gasteiger partial charge in [-0.15, -0.1) is 10.2 Å². The maximum atomic E-state index is 12.3. The third kappa shape index (κ3) is 3.83. The molecule has 158 valence electrons. The van der Waals surface area contributed by atoms with Crippen molar-refractivity contribution in [1.29, 1.82) is 0 Å². The number of carbonyl (C=O) groups is 1. The van der Waals surface area contributed by atoms with Gasteiger partial charge < -0.3 is 9.88 Å². The largest absolute Gasteiger partial charge is 0.326 e. The highest BCUT2D eigenvalue weighted by atomic mass is 16.1. The molecule has 0 unspecified atom stereocenters. The zero-order chi connectivity index (χ0) is 21.5. The Bertz CT molecular complexity index is 1260. The lowest BCUT2D eigenvalue weighted by Crippen LogP contribution is -2.12. The molecule has 31 heavy (non-hydrogen) atoms. The van der Waals surface area contributed by atoms with Crippen LogP contribution in [-0.2, 0) is 4.79 Å². The molecule has 0 saturated heterocycles. The van der Waals surface area contributed by atoms with Crippen molar-refractivity contribution in [2.24, 2.45) is 5.92 Å². The van der Waals surface area contributed by atoms with Crippen molar-refractivity contribution in [3.05, 3.63) is 48.3 Å². The molecule has 0 radical (unpaired) electrons. The van der Waals surface area contributed by atoms with Crippen LogP contribution >= 0.6 is 0 Å². The molecule has 0 bridgehead atoms. The molecule has 1 saturated carbocycles. The Balaban J connectivity index is 1.52. The van der Waals surface area contributed by atoms with E-state index in [0.717, 1.165) is 44.8 Å². The lowest BCUT2D eigenvalue weighted by Gasteiger charge is -2.11. The lowest BCUT2D eigenvalue weighted by atomic mass is 10.0. The third-order valence-electron chi connectivity index (χ3n) is 5.91. The van der Waals surface area contributed by atoms with Gasteiger partial charge in [0.1, 0.15) is 6.33 Å².